The second-order valence-electron chi connectivity index (χ2n) is 3.84. The molecule has 1 atom stereocenters. The zero-order chi connectivity index (χ0) is 11.7. The van der Waals surface area contributed by atoms with Crippen LogP contribution in [0.25, 0.3) is 0 Å². The van der Waals surface area contributed by atoms with Crippen LogP contribution in [0.2, 0.25) is 0 Å². The minimum absolute atomic E-state index is 0. The van der Waals surface area contributed by atoms with Gasteiger partial charge in [0.25, 0.3) is 10.1 Å². The highest BCUT2D eigenvalue weighted by molar-refractivity contribution is 7.86. The van der Waals surface area contributed by atoms with E-state index in [0.717, 1.165) is 19.3 Å². The predicted molar refractivity (Wildman–Crippen MR) is 64.1 cm³/mol. The molecule has 4 N–H and O–H groups in total. The molecule has 0 aromatic heterocycles. The smallest absolute Gasteiger partial charge is 0.297 e. The van der Waals surface area contributed by atoms with Crippen molar-refractivity contribution in [3.63, 3.8) is 0 Å². The van der Waals surface area contributed by atoms with E-state index in [9.17, 15) is 12.8 Å². The Morgan fingerprint density at radius 2 is 1.50 bits per heavy atom. The Labute approximate surface area is 98.0 Å². The third-order valence-electron chi connectivity index (χ3n) is 2.36. The zero-order valence-electron chi connectivity index (χ0n) is 9.99. The molecule has 0 saturated carbocycles. The van der Waals surface area contributed by atoms with E-state index in [1.165, 1.54) is 19.3 Å². The first-order valence-corrected chi connectivity index (χ1v) is 7.09. The highest BCUT2D eigenvalue weighted by Gasteiger charge is 2.20. The minimum atomic E-state index is -4.47. The van der Waals surface area contributed by atoms with E-state index in [0.29, 0.717) is 6.42 Å². The van der Waals surface area contributed by atoms with E-state index in [1.807, 2.05) is 0 Å². The summed E-state index contributed by atoms with van der Waals surface area (Å²) in [6.45, 7) is 2.14. The van der Waals surface area contributed by atoms with Crippen molar-refractivity contribution in [2.24, 2.45) is 0 Å². The molecule has 0 aromatic carbocycles. The second kappa shape index (κ2) is 9.99. The minimum Gasteiger partial charge on any atom is -0.344 e. The van der Waals surface area contributed by atoms with Crippen LogP contribution in [0.3, 0.4) is 0 Å². The molecule has 0 amide bonds. The Balaban J connectivity index is 0. The van der Waals surface area contributed by atoms with Gasteiger partial charge in [0.05, 0.1) is 0 Å². The molecule has 0 aliphatic rings. The monoisotopic (exact) mass is 257 g/mol. The van der Waals surface area contributed by atoms with Gasteiger partial charge in [-0.05, 0) is 12.8 Å². The van der Waals surface area contributed by atoms with Crippen molar-refractivity contribution in [2.45, 2.75) is 63.8 Å². The molecule has 0 aromatic rings. The molecule has 0 spiro atoms. The first-order valence-electron chi connectivity index (χ1n) is 5.59. The average Bonchev–Trinajstić information content (AvgIpc) is 2.14. The van der Waals surface area contributed by atoms with Gasteiger partial charge in [-0.3, -0.25) is 4.55 Å². The van der Waals surface area contributed by atoms with E-state index >= 15 is 0 Å². The van der Waals surface area contributed by atoms with Crippen LogP contribution in [0.15, 0.2) is 0 Å². The quantitative estimate of drug-likeness (QED) is 0.489. The van der Waals surface area contributed by atoms with Crippen molar-refractivity contribution >= 4 is 10.1 Å². The molecule has 1 unspecified atom stereocenters. The normalized spacial score (nSPS) is 13.2. The van der Waals surface area contributed by atoms with Crippen LogP contribution in [0.1, 0.15) is 58.3 Å². The molecule has 4 nitrogen and oxygen atoms in total. The van der Waals surface area contributed by atoms with E-state index in [2.05, 4.69) is 6.92 Å². The fourth-order valence-corrected chi connectivity index (χ4v) is 1.88. The number of alkyl halides is 1. The van der Waals surface area contributed by atoms with Crippen molar-refractivity contribution in [3.05, 3.63) is 0 Å². The highest BCUT2D eigenvalue weighted by Crippen LogP contribution is 2.13. The van der Waals surface area contributed by atoms with Crippen LogP contribution >= 0.6 is 0 Å². The largest absolute Gasteiger partial charge is 0.344 e. The summed E-state index contributed by atoms with van der Waals surface area (Å²) in [6, 6.07) is 0. The fourth-order valence-electron chi connectivity index (χ4n) is 1.41. The fraction of sp³-hybridized carbons (Fsp3) is 1.00. The Morgan fingerprint density at radius 1 is 1.06 bits per heavy atom. The summed E-state index contributed by atoms with van der Waals surface area (Å²) in [7, 11) is -4.47. The van der Waals surface area contributed by atoms with Gasteiger partial charge in [-0.2, -0.15) is 8.42 Å². The van der Waals surface area contributed by atoms with Gasteiger partial charge < -0.3 is 6.15 Å². The summed E-state index contributed by atoms with van der Waals surface area (Å²) >= 11 is 0. The lowest BCUT2D eigenvalue weighted by Crippen LogP contribution is -2.14. The maximum absolute atomic E-state index is 12.7. The van der Waals surface area contributed by atoms with Crippen LogP contribution in [-0.4, -0.2) is 18.5 Å². The van der Waals surface area contributed by atoms with Gasteiger partial charge in [0.15, 0.2) is 0 Å². The molecule has 100 valence electrons. The average molecular weight is 257 g/mol. The molecule has 16 heavy (non-hydrogen) atoms. The second-order valence-corrected chi connectivity index (χ2v) is 5.38. The summed E-state index contributed by atoms with van der Waals surface area (Å²) in [4.78, 5) is 0. The van der Waals surface area contributed by atoms with Crippen LogP contribution in [-0.2, 0) is 10.1 Å². The van der Waals surface area contributed by atoms with Gasteiger partial charge in [0.2, 0.25) is 5.50 Å². The summed E-state index contributed by atoms with van der Waals surface area (Å²) in [5.41, 5.74) is -2.10. The third kappa shape index (κ3) is 10.3. The number of rotatable bonds is 9. The maximum atomic E-state index is 12.7. The molecule has 0 aliphatic carbocycles. The molecule has 0 saturated heterocycles. The standard InChI is InChI=1S/C10H21FO3S.H3N/c1-2-3-4-5-6-7-8-9-10(11)15(12,13)14;/h10H,2-9H2,1H3,(H,12,13,14);1H3. The predicted octanol–water partition coefficient (Wildman–Crippen LogP) is 3.47. The summed E-state index contributed by atoms with van der Waals surface area (Å²) in [5.74, 6) is 0. The summed E-state index contributed by atoms with van der Waals surface area (Å²) in [5, 5.41) is 0. The molecule has 0 radical (unpaired) electrons. The zero-order valence-corrected chi connectivity index (χ0v) is 10.8. The van der Waals surface area contributed by atoms with Crippen molar-refractivity contribution in [2.75, 3.05) is 0 Å². The topological polar surface area (TPSA) is 89.4 Å². The van der Waals surface area contributed by atoms with Crippen molar-refractivity contribution in [1.29, 1.82) is 0 Å². The number of halogens is 1. The third-order valence-corrected chi connectivity index (χ3v) is 3.24. The molecule has 0 rings (SSSR count). The van der Waals surface area contributed by atoms with Crippen LogP contribution in [0.4, 0.5) is 4.39 Å². The van der Waals surface area contributed by atoms with E-state index in [1.54, 1.807) is 0 Å². The van der Waals surface area contributed by atoms with Crippen molar-refractivity contribution in [1.82, 2.24) is 6.15 Å². The molecule has 0 heterocycles. The van der Waals surface area contributed by atoms with Gasteiger partial charge >= 0.3 is 0 Å². The lowest BCUT2D eigenvalue weighted by molar-refractivity contribution is 0.350. The first kappa shape index (κ1) is 18.2. The Kier molecular flexibility index (Phi) is 11.3. The van der Waals surface area contributed by atoms with Crippen molar-refractivity contribution < 1.29 is 17.4 Å². The van der Waals surface area contributed by atoms with Gasteiger partial charge in [-0.15, -0.1) is 0 Å². The first-order chi connectivity index (χ1) is 6.98. The summed E-state index contributed by atoms with van der Waals surface area (Å²) < 4.78 is 41.7. The number of hydrogen-bond acceptors (Lipinski definition) is 3. The number of unbranched alkanes of at least 4 members (excludes halogenated alkanes) is 6. The van der Waals surface area contributed by atoms with E-state index in [-0.39, 0.29) is 12.6 Å². The van der Waals surface area contributed by atoms with Crippen LogP contribution in [0.5, 0.6) is 0 Å². The molecular weight excluding hydrogens is 233 g/mol. The molecule has 0 aliphatic heterocycles. The summed E-state index contributed by atoms with van der Waals surface area (Å²) in [6.07, 6.45) is 6.99. The molecule has 6 heteroatoms. The lowest BCUT2D eigenvalue weighted by atomic mass is 10.1. The van der Waals surface area contributed by atoms with E-state index < -0.39 is 15.6 Å². The Bertz CT molecular complexity index is 244. The molecular formula is C10H24FNO3S. The Morgan fingerprint density at radius 3 is 1.94 bits per heavy atom. The lowest BCUT2D eigenvalue weighted by Gasteiger charge is -2.04. The van der Waals surface area contributed by atoms with Crippen molar-refractivity contribution in [3.8, 4) is 0 Å². The van der Waals surface area contributed by atoms with Gasteiger partial charge in [-0.25, -0.2) is 4.39 Å². The molecule has 0 bridgehead atoms. The van der Waals surface area contributed by atoms with Crippen LogP contribution < -0.4 is 6.15 Å². The number of hydrogen-bond donors (Lipinski definition) is 2. The van der Waals surface area contributed by atoms with Gasteiger partial charge in [0.1, 0.15) is 0 Å². The SMILES string of the molecule is CCCCCCCCCC(F)S(=O)(=O)O.N. The highest BCUT2D eigenvalue weighted by atomic mass is 32.2. The van der Waals surface area contributed by atoms with Gasteiger partial charge in [-0.1, -0.05) is 45.4 Å². The maximum Gasteiger partial charge on any atom is 0.297 e. The Hall–Kier alpha value is -0.200. The van der Waals surface area contributed by atoms with Crippen LogP contribution in [0, 0.1) is 0 Å². The van der Waals surface area contributed by atoms with E-state index in [4.69, 9.17) is 4.55 Å². The van der Waals surface area contributed by atoms with Gasteiger partial charge in [0, 0.05) is 0 Å². The molecule has 0 fully saturated rings.